The Bertz CT molecular complexity index is 626. The minimum Gasteiger partial charge on any atom is -0.399 e. The number of nitrogens with two attached hydrogens (primary N) is 1. The Labute approximate surface area is 129 Å². The molecule has 2 amide bonds. The first-order valence-corrected chi connectivity index (χ1v) is 7.08. The van der Waals surface area contributed by atoms with Crippen LogP contribution in [0.3, 0.4) is 0 Å². The molecule has 2 aromatic carbocycles. The lowest BCUT2D eigenvalue weighted by Gasteiger charge is -2.09. The molecule has 0 unspecified atom stereocenters. The van der Waals surface area contributed by atoms with Crippen molar-refractivity contribution in [2.45, 2.75) is 13.3 Å². The van der Waals surface area contributed by atoms with Crippen LogP contribution in [0.1, 0.15) is 11.1 Å². The minimum absolute atomic E-state index is 0.284. The van der Waals surface area contributed by atoms with Gasteiger partial charge in [-0.15, -0.1) is 0 Å². The minimum atomic E-state index is -0.284. The largest absolute Gasteiger partial charge is 0.399 e. The van der Waals surface area contributed by atoms with Gasteiger partial charge >= 0.3 is 6.03 Å². The van der Waals surface area contributed by atoms with E-state index in [4.69, 9.17) is 17.3 Å². The highest BCUT2D eigenvalue weighted by Gasteiger charge is 2.05. The third-order valence-electron chi connectivity index (χ3n) is 3.06. The molecular weight excluding hydrogens is 286 g/mol. The molecule has 4 N–H and O–H groups in total. The number of amides is 2. The van der Waals surface area contributed by atoms with Crippen molar-refractivity contribution < 1.29 is 4.79 Å². The fourth-order valence-corrected chi connectivity index (χ4v) is 2.11. The molecule has 2 aromatic rings. The number of anilines is 2. The number of benzene rings is 2. The maximum atomic E-state index is 11.8. The summed E-state index contributed by atoms with van der Waals surface area (Å²) in [5.41, 5.74) is 9.11. The number of hydrogen-bond donors (Lipinski definition) is 3. The van der Waals surface area contributed by atoms with Gasteiger partial charge in [-0.1, -0.05) is 41.4 Å². The van der Waals surface area contributed by atoms with Gasteiger partial charge < -0.3 is 16.4 Å². The summed E-state index contributed by atoms with van der Waals surface area (Å²) in [4.78, 5) is 11.8. The molecule has 0 aliphatic rings. The highest BCUT2D eigenvalue weighted by molar-refractivity contribution is 6.34. The van der Waals surface area contributed by atoms with E-state index in [-0.39, 0.29) is 6.03 Å². The van der Waals surface area contributed by atoms with Crippen LogP contribution in [0.4, 0.5) is 16.2 Å². The fourth-order valence-electron chi connectivity index (χ4n) is 1.87. The van der Waals surface area contributed by atoms with Crippen LogP contribution in [0.15, 0.2) is 42.5 Å². The van der Waals surface area contributed by atoms with E-state index in [1.165, 1.54) is 11.1 Å². The number of carbonyl (C=O) groups excluding carboxylic acids is 1. The molecule has 110 valence electrons. The van der Waals surface area contributed by atoms with Gasteiger partial charge in [-0.2, -0.15) is 0 Å². The number of hydrogen-bond acceptors (Lipinski definition) is 2. The molecule has 0 heterocycles. The van der Waals surface area contributed by atoms with Gasteiger partial charge in [0.05, 0.1) is 10.7 Å². The Morgan fingerprint density at radius 2 is 1.90 bits per heavy atom. The van der Waals surface area contributed by atoms with Crippen LogP contribution >= 0.6 is 11.6 Å². The maximum absolute atomic E-state index is 11.8. The van der Waals surface area contributed by atoms with E-state index < -0.39 is 0 Å². The van der Waals surface area contributed by atoms with Gasteiger partial charge in [-0.3, -0.25) is 0 Å². The molecule has 0 spiro atoms. The van der Waals surface area contributed by atoms with Gasteiger partial charge in [-0.05, 0) is 37.1 Å². The smallest absolute Gasteiger partial charge is 0.319 e. The average molecular weight is 304 g/mol. The number of urea groups is 1. The van der Waals surface area contributed by atoms with Gasteiger partial charge in [0.25, 0.3) is 0 Å². The van der Waals surface area contributed by atoms with Crippen molar-refractivity contribution in [3.63, 3.8) is 0 Å². The van der Waals surface area contributed by atoms with Crippen molar-refractivity contribution in [2.75, 3.05) is 17.6 Å². The first kappa shape index (κ1) is 15.2. The summed E-state index contributed by atoms with van der Waals surface area (Å²) in [5.74, 6) is 0. The number of carbonyl (C=O) groups is 1. The Hall–Kier alpha value is -2.20. The molecule has 0 saturated carbocycles. The van der Waals surface area contributed by atoms with E-state index in [9.17, 15) is 4.79 Å². The van der Waals surface area contributed by atoms with E-state index >= 15 is 0 Å². The van der Waals surface area contributed by atoms with Gasteiger partial charge in [0.1, 0.15) is 0 Å². The summed E-state index contributed by atoms with van der Waals surface area (Å²) in [6.07, 6.45) is 0.781. The molecule has 0 fully saturated rings. The fraction of sp³-hybridized carbons (Fsp3) is 0.188. The highest BCUT2D eigenvalue weighted by atomic mass is 35.5. The second-order valence-electron chi connectivity index (χ2n) is 4.86. The van der Waals surface area contributed by atoms with Crippen molar-refractivity contribution in [2.24, 2.45) is 0 Å². The number of nitrogens with one attached hydrogen (secondary N) is 2. The topological polar surface area (TPSA) is 67.2 Å². The zero-order chi connectivity index (χ0) is 15.2. The first-order valence-electron chi connectivity index (χ1n) is 6.70. The summed E-state index contributed by atoms with van der Waals surface area (Å²) in [7, 11) is 0. The molecule has 0 radical (unpaired) electrons. The van der Waals surface area contributed by atoms with Crippen LogP contribution in [0.5, 0.6) is 0 Å². The van der Waals surface area contributed by atoms with Crippen LogP contribution in [-0.2, 0) is 6.42 Å². The maximum Gasteiger partial charge on any atom is 0.319 e. The highest BCUT2D eigenvalue weighted by Crippen LogP contribution is 2.23. The van der Waals surface area contributed by atoms with Crippen molar-refractivity contribution in [1.29, 1.82) is 0 Å². The quantitative estimate of drug-likeness (QED) is 0.756. The van der Waals surface area contributed by atoms with Crippen molar-refractivity contribution in [3.8, 4) is 0 Å². The van der Waals surface area contributed by atoms with E-state index in [2.05, 4.69) is 34.9 Å². The van der Waals surface area contributed by atoms with Crippen molar-refractivity contribution in [3.05, 3.63) is 58.6 Å². The Morgan fingerprint density at radius 3 is 2.57 bits per heavy atom. The van der Waals surface area contributed by atoms with Crippen molar-refractivity contribution >= 4 is 29.0 Å². The van der Waals surface area contributed by atoms with Crippen LogP contribution in [0, 0.1) is 6.92 Å². The molecular formula is C16H18ClN3O. The van der Waals surface area contributed by atoms with Crippen LogP contribution in [0.2, 0.25) is 5.02 Å². The monoisotopic (exact) mass is 303 g/mol. The van der Waals surface area contributed by atoms with Crippen LogP contribution in [-0.4, -0.2) is 12.6 Å². The lowest BCUT2D eigenvalue weighted by molar-refractivity contribution is 0.252. The number of halogens is 1. The molecule has 0 aliphatic heterocycles. The normalized spacial score (nSPS) is 10.2. The second-order valence-corrected chi connectivity index (χ2v) is 5.26. The molecule has 21 heavy (non-hydrogen) atoms. The molecule has 2 rings (SSSR count). The summed E-state index contributed by atoms with van der Waals surface area (Å²) >= 11 is 6.00. The molecule has 0 saturated heterocycles. The van der Waals surface area contributed by atoms with E-state index in [1.807, 2.05) is 6.92 Å². The third-order valence-corrected chi connectivity index (χ3v) is 3.37. The molecule has 0 atom stereocenters. The first-order chi connectivity index (χ1) is 10.0. The predicted octanol–water partition coefficient (Wildman–Crippen LogP) is 3.59. The number of nitrogen functional groups attached to an aromatic ring is 1. The zero-order valence-corrected chi connectivity index (χ0v) is 12.6. The van der Waals surface area contributed by atoms with Gasteiger partial charge in [0, 0.05) is 12.2 Å². The number of rotatable bonds is 4. The SMILES string of the molecule is Cc1ccc(CCNC(=O)Nc2ccc(N)cc2Cl)cc1. The Kier molecular flexibility index (Phi) is 5.06. The molecule has 0 aliphatic carbocycles. The van der Waals surface area contributed by atoms with E-state index in [0.29, 0.717) is 22.9 Å². The van der Waals surface area contributed by atoms with Gasteiger partial charge in [0.2, 0.25) is 0 Å². The summed E-state index contributed by atoms with van der Waals surface area (Å²) in [6, 6.07) is 12.9. The predicted molar refractivity (Wildman–Crippen MR) is 87.8 cm³/mol. The van der Waals surface area contributed by atoms with Crippen LogP contribution in [0.25, 0.3) is 0 Å². The number of aryl methyl sites for hydroxylation is 1. The lowest BCUT2D eigenvalue weighted by Crippen LogP contribution is -2.30. The summed E-state index contributed by atoms with van der Waals surface area (Å²) in [5, 5.41) is 5.91. The van der Waals surface area contributed by atoms with Gasteiger partial charge in [0.15, 0.2) is 0 Å². The Morgan fingerprint density at radius 1 is 1.19 bits per heavy atom. The lowest BCUT2D eigenvalue weighted by atomic mass is 10.1. The van der Waals surface area contributed by atoms with Gasteiger partial charge in [-0.25, -0.2) is 4.79 Å². The van der Waals surface area contributed by atoms with E-state index in [1.54, 1.807) is 18.2 Å². The van der Waals surface area contributed by atoms with Crippen LogP contribution < -0.4 is 16.4 Å². The zero-order valence-electron chi connectivity index (χ0n) is 11.8. The summed E-state index contributed by atoms with van der Waals surface area (Å²) < 4.78 is 0. The van der Waals surface area contributed by atoms with Crippen molar-refractivity contribution in [1.82, 2.24) is 5.32 Å². The third kappa shape index (κ3) is 4.68. The van der Waals surface area contributed by atoms with E-state index in [0.717, 1.165) is 6.42 Å². The average Bonchev–Trinajstić information content (AvgIpc) is 2.44. The molecule has 4 nitrogen and oxygen atoms in total. The molecule has 0 bridgehead atoms. The second kappa shape index (κ2) is 6.99. The molecule has 5 heteroatoms. The standard InChI is InChI=1S/C16H18ClN3O/c1-11-2-4-12(5-3-11)8-9-19-16(21)20-15-7-6-13(18)10-14(15)17/h2-7,10H,8-9,18H2,1H3,(H2,19,20,21). The Balaban J connectivity index is 1.81. The molecule has 0 aromatic heterocycles. The summed E-state index contributed by atoms with van der Waals surface area (Å²) in [6.45, 7) is 2.60.